The Kier molecular flexibility index (Phi) is 4.49. The fraction of sp³-hybridized carbons (Fsp3) is 0.263. The minimum Gasteiger partial charge on any atom is -0.506 e. The van der Waals surface area contributed by atoms with Gasteiger partial charge >= 0.3 is 10.1 Å². The smallest absolute Gasteiger partial charge is 0.339 e. The molecule has 0 amide bonds. The zero-order valence-corrected chi connectivity index (χ0v) is 16.7. The molecule has 2 atom stereocenters. The first-order valence-electron chi connectivity index (χ1n) is 8.16. The summed E-state index contributed by atoms with van der Waals surface area (Å²) >= 11 is 2.80. The van der Waals surface area contributed by atoms with E-state index in [2.05, 4.69) is 12.2 Å². The minimum absolute atomic E-state index is 0.0867. The molecule has 0 saturated carbocycles. The summed E-state index contributed by atoms with van der Waals surface area (Å²) in [6.07, 6.45) is 8.77. The molecule has 0 radical (unpaired) electrons. The molecule has 136 valence electrons. The second kappa shape index (κ2) is 6.55. The van der Waals surface area contributed by atoms with Crippen molar-refractivity contribution in [3.05, 3.63) is 53.6 Å². The SMILES string of the molecule is CSc1c(O)c2c(c(OS(=O)(=O)c3ccccc3)c1SC)[C@H]1C=C[C@@H]2C1. The van der Waals surface area contributed by atoms with Crippen molar-refractivity contribution in [2.75, 3.05) is 12.5 Å². The van der Waals surface area contributed by atoms with Crippen molar-refractivity contribution in [3.63, 3.8) is 0 Å². The Bertz CT molecular complexity index is 997. The van der Waals surface area contributed by atoms with Gasteiger partial charge in [-0.15, -0.1) is 23.5 Å². The van der Waals surface area contributed by atoms with Gasteiger partial charge in [-0.2, -0.15) is 8.42 Å². The molecule has 0 aliphatic heterocycles. The van der Waals surface area contributed by atoms with Crippen LogP contribution in [0.4, 0.5) is 0 Å². The largest absolute Gasteiger partial charge is 0.506 e. The Labute approximate surface area is 161 Å². The molecule has 2 aromatic rings. The third-order valence-corrected chi connectivity index (χ3v) is 7.84. The van der Waals surface area contributed by atoms with E-state index in [0.717, 1.165) is 17.5 Å². The molecular formula is C19H18O4S3. The predicted octanol–water partition coefficient (Wildman–Crippen LogP) is 4.74. The first-order valence-corrected chi connectivity index (χ1v) is 12.0. The highest BCUT2D eigenvalue weighted by molar-refractivity contribution is 8.01. The van der Waals surface area contributed by atoms with Gasteiger partial charge in [0.2, 0.25) is 0 Å². The number of thioether (sulfide) groups is 2. The van der Waals surface area contributed by atoms with Gasteiger partial charge in [0.1, 0.15) is 10.6 Å². The summed E-state index contributed by atoms with van der Waals surface area (Å²) in [6, 6.07) is 8.16. The van der Waals surface area contributed by atoms with Crippen LogP contribution in [0.5, 0.6) is 11.5 Å². The van der Waals surface area contributed by atoms with Crippen LogP contribution in [0.3, 0.4) is 0 Å². The van der Waals surface area contributed by atoms with Gasteiger partial charge in [-0.3, -0.25) is 0 Å². The molecule has 7 heteroatoms. The molecule has 1 N–H and O–H groups in total. The van der Waals surface area contributed by atoms with Crippen LogP contribution in [0.1, 0.15) is 29.4 Å². The van der Waals surface area contributed by atoms with Crippen molar-refractivity contribution < 1.29 is 17.7 Å². The lowest BCUT2D eigenvalue weighted by atomic mass is 9.95. The number of fused-ring (bicyclic) bond motifs is 5. The van der Waals surface area contributed by atoms with Crippen LogP contribution >= 0.6 is 23.5 Å². The topological polar surface area (TPSA) is 63.6 Å². The number of aromatic hydroxyl groups is 1. The Morgan fingerprint density at radius 2 is 1.62 bits per heavy atom. The van der Waals surface area contributed by atoms with Gasteiger partial charge in [0.15, 0.2) is 5.75 Å². The highest BCUT2D eigenvalue weighted by Gasteiger charge is 2.41. The number of phenolic OH excluding ortho intramolecular Hbond substituents is 1. The summed E-state index contributed by atoms with van der Waals surface area (Å²) in [5.74, 6) is 0.843. The second-order valence-corrected chi connectivity index (χ2v) is 9.43. The number of allylic oxidation sites excluding steroid dienone is 2. The average molecular weight is 407 g/mol. The maximum atomic E-state index is 12.8. The van der Waals surface area contributed by atoms with Crippen LogP contribution in [-0.4, -0.2) is 26.0 Å². The quantitative estimate of drug-likeness (QED) is 0.439. The van der Waals surface area contributed by atoms with E-state index in [9.17, 15) is 13.5 Å². The molecule has 0 spiro atoms. The van der Waals surface area contributed by atoms with Gasteiger partial charge in [-0.25, -0.2) is 0 Å². The third-order valence-electron chi connectivity index (χ3n) is 4.88. The molecule has 2 bridgehead atoms. The van der Waals surface area contributed by atoms with Crippen LogP contribution in [0.15, 0.2) is 57.2 Å². The van der Waals surface area contributed by atoms with Crippen molar-refractivity contribution in [1.82, 2.24) is 0 Å². The Morgan fingerprint density at radius 1 is 1.00 bits per heavy atom. The fourth-order valence-electron chi connectivity index (χ4n) is 3.78. The molecule has 2 aromatic carbocycles. The molecule has 2 aliphatic carbocycles. The maximum absolute atomic E-state index is 12.8. The van der Waals surface area contributed by atoms with Gasteiger partial charge in [-0.1, -0.05) is 30.4 Å². The second-order valence-electron chi connectivity index (χ2n) is 6.26. The van der Waals surface area contributed by atoms with E-state index in [1.54, 1.807) is 18.2 Å². The molecule has 26 heavy (non-hydrogen) atoms. The first-order chi connectivity index (χ1) is 12.5. The predicted molar refractivity (Wildman–Crippen MR) is 105 cm³/mol. The van der Waals surface area contributed by atoms with Crippen molar-refractivity contribution in [2.24, 2.45) is 0 Å². The number of hydrogen-bond donors (Lipinski definition) is 1. The van der Waals surface area contributed by atoms with Crippen molar-refractivity contribution in [3.8, 4) is 11.5 Å². The summed E-state index contributed by atoms with van der Waals surface area (Å²) in [7, 11) is -3.95. The summed E-state index contributed by atoms with van der Waals surface area (Å²) in [5.41, 5.74) is 1.63. The lowest BCUT2D eigenvalue weighted by molar-refractivity contribution is 0.440. The van der Waals surface area contributed by atoms with E-state index in [-0.39, 0.29) is 22.5 Å². The molecular weight excluding hydrogens is 388 g/mol. The van der Waals surface area contributed by atoms with Crippen molar-refractivity contribution in [2.45, 2.75) is 32.9 Å². The van der Waals surface area contributed by atoms with Gasteiger partial charge in [0, 0.05) is 23.0 Å². The van der Waals surface area contributed by atoms with Crippen molar-refractivity contribution in [1.29, 1.82) is 0 Å². The van der Waals surface area contributed by atoms with Crippen LogP contribution in [-0.2, 0) is 10.1 Å². The lowest BCUT2D eigenvalue weighted by Gasteiger charge is -2.22. The van der Waals surface area contributed by atoms with E-state index in [0.29, 0.717) is 15.5 Å². The summed E-state index contributed by atoms with van der Waals surface area (Å²) in [6.45, 7) is 0. The lowest BCUT2D eigenvalue weighted by Crippen LogP contribution is -2.13. The molecule has 0 aromatic heterocycles. The van der Waals surface area contributed by atoms with E-state index in [4.69, 9.17) is 4.18 Å². The first kappa shape index (κ1) is 17.8. The molecule has 0 heterocycles. The Balaban J connectivity index is 1.92. The van der Waals surface area contributed by atoms with Gasteiger partial charge in [0.05, 0.1) is 9.79 Å². The number of benzene rings is 2. The van der Waals surface area contributed by atoms with Gasteiger partial charge in [-0.05, 0) is 31.1 Å². The number of hydrogen-bond acceptors (Lipinski definition) is 6. The molecule has 4 nitrogen and oxygen atoms in total. The Hall–Kier alpha value is -1.57. The summed E-state index contributed by atoms with van der Waals surface area (Å²) in [5, 5.41) is 10.8. The molecule has 0 fully saturated rings. The third kappa shape index (κ3) is 2.64. The molecule has 4 rings (SSSR count). The summed E-state index contributed by atoms with van der Waals surface area (Å²) in [4.78, 5) is 1.47. The highest BCUT2D eigenvalue weighted by atomic mass is 32.2. The number of rotatable bonds is 5. The van der Waals surface area contributed by atoms with Gasteiger partial charge < -0.3 is 9.29 Å². The van der Waals surface area contributed by atoms with Crippen LogP contribution in [0.25, 0.3) is 0 Å². The zero-order valence-electron chi connectivity index (χ0n) is 14.3. The maximum Gasteiger partial charge on any atom is 0.339 e. The summed E-state index contributed by atoms with van der Waals surface area (Å²) < 4.78 is 31.4. The standard InChI is InChI=1S/C19H18O4S3/c1-24-18-16(20)14-11-8-9-12(10-11)15(14)17(19(18)25-2)23-26(21,22)13-6-4-3-5-7-13/h3-9,11-12,20H,10H2,1-2H3/t11-,12+/m1/s1. The van der Waals surface area contributed by atoms with Crippen LogP contribution in [0, 0.1) is 0 Å². The van der Waals surface area contributed by atoms with E-state index < -0.39 is 10.1 Å². The minimum atomic E-state index is -3.95. The van der Waals surface area contributed by atoms with Gasteiger partial charge in [0.25, 0.3) is 0 Å². The number of phenols is 1. The zero-order chi connectivity index (χ0) is 18.5. The monoisotopic (exact) mass is 406 g/mol. The highest BCUT2D eigenvalue weighted by Crippen LogP contribution is 2.60. The van der Waals surface area contributed by atoms with Crippen LogP contribution < -0.4 is 4.18 Å². The van der Waals surface area contributed by atoms with Crippen LogP contribution in [0.2, 0.25) is 0 Å². The molecule has 2 aliphatic rings. The average Bonchev–Trinajstić information content (AvgIpc) is 3.26. The van der Waals surface area contributed by atoms with E-state index >= 15 is 0 Å². The Morgan fingerprint density at radius 3 is 2.23 bits per heavy atom. The fourth-order valence-corrected chi connectivity index (χ4v) is 6.51. The van der Waals surface area contributed by atoms with Crippen molar-refractivity contribution >= 4 is 33.6 Å². The molecule has 0 saturated heterocycles. The molecule has 0 unspecified atom stereocenters. The van der Waals surface area contributed by atoms with E-state index in [1.807, 2.05) is 12.5 Å². The van der Waals surface area contributed by atoms with E-state index in [1.165, 1.54) is 35.7 Å². The normalized spacial score (nSPS) is 20.4.